The van der Waals surface area contributed by atoms with Gasteiger partial charge in [0.2, 0.25) is 0 Å². The van der Waals surface area contributed by atoms with Crippen molar-refractivity contribution in [2.24, 2.45) is 11.7 Å². The predicted molar refractivity (Wildman–Crippen MR) is 63.0 cm³/mol. The highest BCUT2D eigenvalue weighted by Crippen LogP contribution is 2.19. The Bertz CT molecular complexity index is 215. The summed E-state index contributed by atoms with van der Waals surface area (Å²) in [6, 6.07) is -0.580. The summed E-state index contributed by atoms with van der Waals surface area (Å²) in [5, 5.41) is 12.1. The lowest BCUT2D eigenvalue weighted by atomic mass is 9.94. The number of rotatable bonds is 5. The van der Waals surface area contributed by atoms with E-state index >= 15 is 0 Å². The zero-order valence-corrected chi connectivity index (χ0v) is 9.98. The number of primary amides is 1. The number of hydrogen-bond donors (Lipinski definition) is 3. The molecule has 1 atom stereocenters. The van der Waals surface area contributed by atoms with Crippen molar-refractivity contribution in [3.05, 3.63) is 0 Å². The lowest BCUT2D eigenvalue weighted by molar-refractivity contribution is 0.0895. The van der Waals surface area contributed by atoms with Crippen molar-refractivity contribution in [2.75, 3.05) is 26.2 Å². The first-order valence-corrected chi connectivity index (χ1v) is 6.05. The molecule has 5 heteroatoms. The van der Waals surface area contributed by atoms with Gasteiger partial charge in [0.25, 0.3) is 0 Å². The fraction of sp³-hybridized carbons (Fsp3) is 0.909. The molecule has 94 valence electrons. The quantitative estimate of drug-likeness (QED) is 0.627. The van der Waals surface area contributed by atoms with Crippen molar-refractivity contribution in [3.8, 4) is 0 Å². The summed E-state index contributed by atoms with van der Waals surface area (Å²) in [6.45, 7) is 5.18. The molecule has 1 fully saturated rings. The number of likely N-dealkylation sites (tertiary alicyclic amines) is 1. The van der Waals surface area contributed by atoms with Crippen molar-refractivity contribution in [1.82, 2.24) is 10.2 Å². The smallest absolute Gasteiger partial charge is 0.312 e. The average molecular weight is 229 g/mol. The van der Waals surface area contributed by atoms with Gasteiger partial charge in [-0.1, -0.05) is 13.3 Å². The second-order valence-corrected chi connectivity index (χ2v) is 4.55. The van der Waals surface area contributed by atoms with Crippen LogP contribution in [-0.2, 0) is 0 Å². The standard InChI is InChI=1S/C11H23N3O2/c1-2-9-3-5-14(6-4-9)8-10(15)7-13-11(12)16/h9-10,15H,2-8H2,1H3,(H3,12,13,16). The summed E-state index contributed by atoms with van der Waals surface area (Å²) < 4.78 is 0. The molecule has 4 N–H and O–H groups in total. The summed E-state index contributed by atoms with van der Waals surface area (Å²) in [4.78, 5) is 12.7. The summed E-state index contributed by atoms with van der Waals surface area (Å²) in [5.74, 6) is 0.845. The summed E-state index contributed by atoms with van der Waals surface area (Å²) in [7, 11) is 0. The van der Waals surface area contributed by atoms with Gasteiger partial charge in [-0.25, -0.2) is 4.79 Å². The van der Waals surface area contributed by atoms with Gasteiger partial charge in [0, 0.05) is 13.1 Å². The van der Waals surface area contributed by atoms with Gasteiger partial charge >= 0.3 is 6.03 Å². The molecule has 0 aliphatic carbocycles. The monoisotopic (exact) mass is 229 g/mol. The Morgan fingerprint density at radius 3 is 2.69 bits per heavy atom. The van der Waals surface area contributed by atoms with Crippen LogP contribution in [-0.4, -0.2) is 48.3 Å². The van der Waals surface area contributed by atoms with E-state index in [1.165, 1.54) is 19.3 Å². The maximum Gasteiger partial charge on any atom is 0.312 e. The van der Waals surface area contributed by atoms with Crippen LogP contribution in [0, 0.1) is 5.92 Å². The zero-order chi connectivity index (χ0) is 12.0. The van der Waals surface area contributed by atoms with E-state index in [0.29, 0.717) is 6.54 Å². The largest absolute Gasteiger partial charge is 0.390 e. The van der Waals surface area contributed by atoms with Crippen molar-refractivity contribution in [3.63, 3.8) is 0 Å². The Morgan fingerprint density at radius 2 is 2.19 bits per heavy atom. The van der Waals surface area contributed by atoms with Crippen LogP contribution in [0.2, 0.25) is 0 Å². The van der Waals surface area contributed by atoms with Crippen molar-refractivity contribution >= 4 is 6.03 Å². The molecule has 16 heavy (non-hydrogen) atoms. The van der Waals surface area contributed by atoms with Gasteiger partial charge in [0.15, 0.2) is 0 Å². The van der Waals surface area contributed by atoms with Gasteiger partial charge in [-0.15, -0.1) is 0 Å². The van der Waals surface area contributed by atoms with Gasteiger partial charge in [0.1, 0.15) is 0 Å². The van der Waals surface area contributed by atoms with E-state index in [9.17, 15) is 9.90 Å². The summed E-state index contributed by atoms with van der Waals surface area (Å²) >= 11 is 0. The molecule has 1 aliphatic rings. The molecule has 0 saturated carbocycles. The maximum absolute atomic E-state index is 10.5. The number of hydrogen-bond acceptors (Lipinski definition) is 3. The molecule has 1 aliphatic heterocycles. The van der Waals surface area contributed by atoms with Crippen molar-refractivity contribution < 1.29 is 9.90 Å². The van der Waals surface area contributed by atoms with E-state index in [1.54, 1.807) is 0 Å². The number of nitrogens with one attached hydrogen (secondary N) is 1. The molecule has 0 radical (unpaired) electrons. The van der Waals surface area contributed by atoms with Crippen LogP contribution in [0.15, 0.2) is 0 Å². The van der Waals surface area contributed by atoms with Crippen LogP contribution in [0.5, 0.6) is 0 Å². The SMILES string of the molecule is CCC1CCN(CC(O)CNC(N)=O)CC1. The first-order valence-electron chi connectivity index (χ1n) is 6.05. The molecule has 2 amide bonds. The van der Waals surface area contributed by atoms with Gasteiger partial charge in [-0.05, 0) is 31.8 Å². The van der Waals surface area contributed by atoms with Crippen molar-refractivity contribution in [1.29, 1.82) is 0 Å². The van der Waals surface area contributed by atoms with Crippen LogP contribution in [0.1, 0.15) is 26.2 Å². The topological polar surface area (TPSA) is 78.6 Å². The zero-order valence-electron chi connectivity index (χ0n) is 9.98. The number of β-amino-alcohol motifs (C(OH)–C–C–N with tert-alkyl or cyclic N) is 1. The molecular formula is C11H23N3O2. The highest BCUT2D eigenvalue weighted by Gasteiger charge is 2.19. The summed E-state index contributed by atoms with van der Waals surface area (Å²) in [6.07, 6.45) is 3.16. The van der Waals surface area contributed by atoms with Crippen LogP contribution in [0.25, 0.3) is 0 Å². The van der Waals surface area contributed by atoms with Crippen LogP contribution in [0.4, 0.5) is 4.79 Å². The molecule has 1 rings (SSSR count). The minimum atomic E-state index is -0.580. The highest BCUT2D eigenvalue weighted by atomic mass is 16.3. The Morgan fingerprint density at radius 1 is 1.56 bits per heavy atom. The lowest BCUT2D eigenvalue weighted by Gasteiger charge is -2.32. The van der Waals surface area contributed by atoms with Crippen LogP contribution < -0.4 is 11.1 Å². The van der Waals surface area contributed by atoms with E-state index in [1.807, 2.05) is 0 Å². The van der Waals surface area contributed by atoms with E-state index < -0.39 is 12.1 Å². The van der Waals surface area contributed by atoms with E-state index in [2.05, 4.69) is 17.1 Å². The Hall–Kier alpha value is -0.810. The van der Waals surface area contributed by atoms with E-state index in [-0.39, 0.29) is 6.54 Å². The first-order chi connectivity index (χ1) is 7.61. The molecule has 1 saturated heterocycles. The Labute approximate surface area is 97.0 Å². The third kappa shape index (κ3) is 4.81. The number of piperidine rings is 1. The van der Waals surface area contributed by atoms with Crippen molar-refractivity contribution in [2.45, 2.75) is 32.3 Å². The number of carbonyl (C=O) groups is 1. The second-order valence-electron chi connectivity index (χ2n) is 4.55. The maximum atomic E-state index is 10.5. The molecule has 1 unspecified atom stereocenters. The minimum absolute atomic E-state index is 0.239. The number of nitrogens with zero attached hydrogens (tertiary/aromatic N) is 1. The molecule has 0 spiro atoms. The van der Waals surface area contributed by atoms with E-state index in [0.717, 1.165) is 19.0 Å². The number of carbonyl (C=O) groups excluding carboxylic acids is 1. The van der Waals surface area contributed by atoms with Gasteiger partial charge < -0.3 is 21.1 Å². The number of amides is 2. The normalized spacial score (nSPS) is 20.6. The lowest BCUT2D eigenvalue weighted by Crippen LogP contribution is -2.44. The number of nitrogens with two attached hydrogens (primary N) is 1. The molecule has 0 bridgehead atoms. The number of urea groups is 1. The molecule has 0 aromatic carbocycles. The fourth-order valence-electron chi connectivity index (χ4n) is 2.16. The minimum Gasteiger partial charge on any atom is -0.390 e. The van der Waals surface area contributed by atoms with Gasteiger partial charge in [-0.3, -0.25) is 0 Å². The Kier molecular flexibility index (Phi) is 5.55. The van der Waals surface area contributed by atoms with Crippen LogP contribution >= 0.6 is 0 Å². The van der Waals surface area contributed by atoms with E-state index in [4.69, 9.17) is 5.73 Å². The second kappa shape index (κ2) is 6.70. The predicted octanol–water partition coefficient (Wildman–Crippen LogP) is 0.138. The van der Waals surface area contributed by atoms with Crippen LogP contribution in [0.3, 0.4) is 0 Å². The molecule has 0 aromatic heterocycles. The molecular weight excluding hydrogens is 206 g/mol. The summed E-state index contributed by atoms with van der Waals surface area (Å²) in [5.41, 5.74) is 4.94. The fourth-order valence-corrected chi connectivity index (χ4v) is 2.16. The first kappa shape index (κ1) is 13.3. The molecule has 0 aromatic rings. The van der Waals surface area contributed by atoms with Gasteiger partial charge in [-0.2, -0.15) is 0 Å². The number of aliphatic hydroxyl groups is 1. The average Bonchev–Trinajstić information content (AvgIpc) is 2.27. The molecule has 1 heterocycles. The highest BCUT2D eigenvalue weighted by molar-refractivity contribution is 5.71. The molecule has 5 nitrogen and oxygen atoms in total. The number of aliphatic hydroxyl groups excluding tert-OH is 1. The third-order valence-electron chi connectivity index (χ3n) is 3.27. The third-order valence-corrected chi connectivity index (χ3v) is 3.27. The van der Waals surface area contributed by atoms with Gasteiger partial charge in [0.05, 0.1) is 6.10 Å². The Balaban J connectivity index is 2.15.